The molecule has 0 unspecified atom stereocenters. The standard InChI is InChI=1S/C11H13IN2O2S2/c1-11(2,3)16-10(15)14(4)9-13-8(7-17-9)5-6-18-12/h7H,1-4H3. The summed E-state index contributed by atoms with van der Waals surface area (Å²) in [7, 11) is 3.03. The lowest BCUT2D eigenvalue weighted by molar-refractivity contribution is 0.0589. The van der Waals surface area contributed by atoms with Crippen molar-refractivity contribution in [2.24, 2.45) is 0 Å². The number of hydrogen-bond donors (Lipinski definition) is 0. The highest BCUT2D eigenvalue weighted by Crippen LogP contribution is 2.21. The Labute approximate surface area is 127 Å². The highest BCUT2D eigenvalue weighted by molar-refractivity contribution is 14.2. The van der Waals surface area contributed by atoms with Gasteiger partial charge < -0.3 is 4.74 Å². The number of anilines is 1. The first-order valence-electron chi connectivity index (χ1n) is 5.04. The van der Waals surface area contributed by atoms with Gasteiger partial charge in [-0.05, 0) is 40.9 Å². The number of halogens is 1. The fourth-order valence-electron chi connectivity index (χ4n) is 0.956. The van der Waals surface area contributed by atoms with E-state index in [1.54, 1.807) is 7.05 Å². The molecule has 0 aliphatic carbocycles. The van der Waals surface area contributed by atoms with Crippen LogP contribution in [0.2, 0.25) is 0 Å². The van der Waals surface area contributed by atoms with Crippen molar-refractivity contribution in [3.05, 3.63) is 11.1 Å². The fourth-order valence-corrected chi connectivity index (χ4v) is 2.14. The molecule has 0 radical (unpaired) electrons. The zero-order valence-corrected chi connectivity index (χ0v) is 14.3. The SMILES string of the molecule is CN(C(=O)OC(C)(C)C)c1nc(C#CSI)cs1. The molecule has 1 aromatic rings. The van der Waals surface area contributed by atoms with Crippen LogP contribution in [0, 0.1) is 11.2 Å². The zero-order valence-electron chi connectivity index (χ0n) is 10.5. The highest BCUT2D eigenvalue weighted by atomic mass is 127. The van der Waals surface area contributed by atoms with Gasteiger partial charge in [0.25, 0.3) is 0 Å². The highest BCUT2D eigenvalue weighted by Gasteiger charge is 2.22. The molecule has 0 aliphatic rings. The van der Waals surface area contributed by atoms with Gasteiger partial charge in [-0.2, -0.15) is 0 Å². The average Bonchev–Trinajstić information content (AvgIpc) is 2.71. The third kappa shape index (κ3) is 5.04. The maximum atomic E-state index is 11.8. The molecule has 18 heavy (non-hydrogen) atoms. The van der Waals surface area contributed by atoms with Crippen LogP contribution in [0.5, 0.6) is 0 Å². The summed E-state index contributed by atoms with van der Waals surface area (Å²) in [5.74, 6) is 2.88. The second kappa shape index (κ2) is 6.63. The monoisotopic (exact) mass is 396 g/mol. The fraction of sp³-hybridized carbons (Fsp3) is 0.455. The molecular weight excluding hydrogens is 383 g/mol. The summed E-state index contributed by atoms with van der Waals surface area (Å²) in [6.45, 7) is 5.49. The molecule has 0 atom stereocenters. The number of nitrogens with zero attached hydrogens (tertiary/aromatic N) is 2. The van der Waals surface area contributed by atoms with Gasteiger partial charge >= 0.3 is 6.09 Å². The topological polar surface area (TPSA) is 42.4 Å². The number of carbonyl (C=O) groups excluding carboxylic acids is 1. The molecule has 1 rings (SSSR count). The quantitative estimate of drug-likeness (QED) is 0.533. The van der Waals surface area contributed by atoms with Crippen molar-refractivity contribution in [1.82, 2.24) is 4.98 Å². The summed E-state index contributed by atoms with van der Waals surface area (Å²) in [5, 5.41) is 5.24. The van der Waals surface area contributed by atoms with E-state index in [-0.39, 0.29) is 0 Å². The predicted octanol–water partition coefficient (Wildman–Crippen LogP) is 3.91. The van der Waals surface area contributed by atoms with Crippen LogP contribution in [0.1, 0.15) is 26.5 Å². The second-order valence-corrected chi connectivity index (χ2v) is 6.88. The number of aromatic nitrogens is 1. The van der Waals surface area contributed by atoms with Gasteiger partial charge in [0, 0.05) is 33.6 Å². The van der Waals surface area contributed by atoms with Crippen LogP contribution in [-0.2, 0) is 4.74 Å². The van der Waals surface area contributed by atoms with E-state index in [4.69, 9.17) is 4.74 Å². The lowest BCUT2D eigenvalue weighted by Crippen LogP contribution is -2.34. The maximum Gasteiger partial charge on any atom is 0.416 e. The van der Waals surface area contributed by atoms with Crippen LogP contribution >= 0.6 is 41.5 Å². The van der Waals surface area contributed by atoms with Gasteiger partial charge in [0.05, 0.1) is 0 Å². The molecule has 1 heterocycles. The Balaban J connectivity index is 2.75. The van der Waals surface area contributed by atoms with Gasteiger partial charge in [0.15, 0.2) is 5.13 Å². The molecule has 0 bridgehead atoms. The Morgan fingerprint density at radius 3 is 2.83 bits per heavy atom. The molecule has 1 aromatic heterocycles. The predicted molar refractivity (Wildman–Crippen MR) is 85.2 cm³/mol. The summed E-state index contributed by atoms with van der Waals surface area (Å²) in [6.07, 6.45) is -0.417. The minimum absolute atomic E-state index is 0.417. The molecule has 0 fully saturated rings. The Kier molecular flexibility index (Phi) is 5.75. The smallest absolute Gasteiger partial charge is 0.416 e. The molecule has 0 spiro atoms. The summed E-state index contributed by atoms with van der Waals surface area (Å²) < 4.78 is 5.26. The first kappa shape index (κ1) is 15.6. The van der Waals surface area contributed by atoms with Crippen molar-refractivity contribution in [3.63, 3.8) is 0 Å². The molecule has 1 amide bonds. The van der Waals surface area contributed by atoms with E-state index in [0.29, 0.717) is 10.8 Å². The largest absolute Gasteiger partial charge is 0.443 e. The molecule has 0 saturated heterocycles. The van der Waals surface area contributed by atoms with E-state index >= 15 is 0 Å². The van der Waals surface area contributed by atoms with Crippen LogP contribution < -0.4 is 4.90 Å². The van der Waals surface area contributed by atoms with Crippen molar-refractivity contribution >= 4 is 52.7 Å². The Morgan fingerprint density at radius 1 is 1.61 bits per heavy atom. The van der Waals surface area contributed by atoms with Crippen LogP contribution in [0.25, 0.3) is 0 Å². The summed E-state index contributed by atoms with van der Waals surface area (Å²) in [4.78, 5) is 17.5. The van der Waals surface area contributed by atoms with E-state index in [1.165, 1.54) is 25.2 Å². The molecule has 4 nitrogen and oxygen atoms in total. The lowest BCUT2D eigenvalue weighted by Gasteiger charge is -2.23. The van der Waals surface area contributed by atoms with Crippen LogP contribution in [-0.4, -0.2) is 23.7 Å². The van der Waals surface area contributed by atoms with Gasteiger partial charge in [-0.15, -0.1) is 11.3 Å². The van der Waals surface area contributed by atoms with Gasteiger partial charge in [0.2, 0.25) is 0 Å². The zero-order chi connectivity index (χ0) is 13.8. The normalized spacial score (nSPS) is 10.5. The van der Waals surface area contributed by atoms with Crippen molar-refractivity contribution < 1.29 is 9.53 Å². The number of ether oxygens (including phenoxy) is 1. The van der Waals surface area contributed by atoms with E-state index in [1.807, 2.05) is 26.2 Å². The van der Waals surface area contributed by atoms with Gasteiger partial charge in [0.1, 0.15) is 11.3 Å². The number of amides is 1. The Hall–Kier alpha value is -0.460. The minimum atomic E-state index is -0.511. The number of rotatable bonds is 1. The molecule has 7 heteroatoms. The third-order valence-corrected chi connectivity index (χ3v) is 3.42. The summed E-state index contributed by atoms with van der Waals surface area (Å²) in [5.41, 5.74) is 0.151. The van der Waals surface area contributed by atoms with Crippen molar-refractivity contribution in [2.45, 2.75) is 26.4 Å². The summed E-state index contributed by atoms with van der Waals surface area (Å²) in [6, 6.07) is 0. The van der Waals surface area contributed by atoms with Crippen LogP contribution in [0.4, 0.5) is 9.93 Å². The van der Waals surface area contributed by atoms with E-state index in [2.05, 4.69) is 37.4 Å². The van der Waals surface area contributed by atoms with Crippen LogP contribution in [0.15, 0.2) is 5.38 Å². The third-order valence-electron chi connectivity index (χ3n) is 1.66. The molecule has 0 N–H and O–H groups in total. The molecule has 98 valence electrons. The number of thiazole rings is 1. The second-order valence-electron chi connectivity index (χ2n) is 4.36. The number of hydrogen-bond acceptors (Lipinski definition) is 5. The van der Waals surface area contributed by atoms with E-state index in [0.717, 1.165) is 0 Å². The number of carbonyl (C=O) groups is 1. The van der Waals surface area contributed by atoms with Gasteiger partial charge in [-0.3, -0.25) is 4.90 Å². The maximum absolute atomic E-state index is 11.8. The van der Waals surface area contributed by atoms with Crippen molar-refractivity contribution in [2.75, 3.05) is 11.9 Å². The van der Waals surface area contributed by atoms with Gasteiger partial charge in [-0.25, -0.2) is 9.78 Å². The molecule has 0 aromatic carbocycles. The molecule has 0 aliphatic heterocycles. The minimum Gasteiger partial charge on any atom is -0.443 e. The van der Waals surface area contributed by atoms with Crippen molar-refractivity contribution in [1.29, 1.82) is 0 Å². The lowest BCUT2D eigenvalue weighted by atomic mass is 10.2. The average molecular weight is 396 g/mol. The van der Waals surface area contributed by atoms with E-state index < -0.39 is 11.7 Å². The van der Waals surface area contributed by atoms with Crippen molar-refractivity contribution in [3.8, 4) is 11.2 Å². The molecule has 0 saturated carbocycles. The molecular formula is C11H13IN2O2S2. The first-order chi connectivity index (χ1) is 8.33. The van der Waals surface area contributed by atoms with Crippen LogP contribution in [0.3, 0.4) is 0 Å². The Morgan fingerprint density at radius 2 is 2.28 bits per heavy atom. The summed E-state index contributed by atoms with van der Waals surface area (Å²) >= 11 is 3.46. The van der Waals surface area contributed by atoms with E-state index in [9.17, 15) is 4.79 Å². The first-order valence-corrected chi connectivity index (χ1v) is 9.28. The Bertz CT molecular complexity index is 485. The van der Waals surface area contributed by atoms with Gasteiger partial charge in [-0.1, -0.05) is 0 Å².